The molecule has 0 spiro atoms. The SMILES string of the molecule is O=C(OC1CCCCO1)[C@@H]1C[C@@H](OC2CCCCO2)CN1C(=O)OCC1c2ccccc2-c2ccccc21. The maximum Gasteiger partial charge on any atom is 0.410 e. The molecule has 2 unspecified atom stereocenters. The Balaban J connectivity index is 1.15. The molecular formula is C30H35NO7. The van der Waals surface area contributed by atoms with Crippen LogP contribution in [0.4, 0.5) is 4.79 Å². The number of esters is 1. The summed E-state index contributed by atoms with van der Waals surface area (Å²) < 4.78 is 29.1. The molecule has 1 amide bonds. The first kappa shape index (κ1) is 25.3. The van der Waals surface area contributed by atoms with Crippen molar-refractivity contribution in [2.45, 2.75) is 75.6 Å². The molecule has 6 rings (SSSR count). The third kappa shape index (κ3) is 5.30. The third-order valence-electron chi connectivity index (χ3n) is 7.97. The van der Waals surface area contributed by atoms with Crippen LogP contribution in [0.3, 0.4) is 0 Å². The van der Waals surface area contributed by atoms with Gasteiger partial charge in [-0.05, 0) is 54.4 Å². The average molecular weight is 522 g/mol. The van der Waals surface area contributed by atoms with E-state index in [9.17, 15) is 9.59 Å². The lowest BCUT2D eigenvalue weighted by molar-refractivity contribution is -0.192. The van der Waals surface area contributed by atoms with E-state index in [0.29, 0.717) is 26.1 Å². The van der Waals surface area contributed by atoms with Crippen molar-refractivity contribution in [3.63, 3.8) is 0 Å². The number of amides is 1. The van der Waals surface area contributed by atoms with Gasteiger partial charge in [-0.1, -0.05) is 48.5 Å². The van der Waals surface area contributed by atoms with Crippen molar-refractivity contribution < 1.29 is 33.3 Å². The van der Waals surface area contributed by atoms with E-state index in [0.717, 1.165) is 43.2 Å². The Morgan fingerprint density at radius 2 is 1.47 bits per heavy atom. The quantitative estimate of drug-likeness (QED) is 0.495. The molecule has 3 aliphatic heterocycles. The van der Waals surface area contributed by atoms with Crippen LogP contribution >= 0.6 is 0 Å². The summed E-state index contributed by atoms with van der Waals surface area (Å²) in [6.07, 6.45) is 4.05. The zero-order valence-electron chi connectivity index (χ0n) is 21.6. The number of hydrogen-bond acceptors (Lipinski definition) is 7. The number of nitrogens with zero attached hydrogens (tertiary/aromatic N) is 1. The van der Waals surface area contributed by atoms with Gasteiger partial charge in [0.05, 0.1) is 19.3 Å². The smallest absolute Gasteiger partial charge is 0.410 e. The van der Waals surface area contributed by atoms with Gasteiger partial charge in [0.1, 0.15) is 12.6 Å². The first-order valence-electron chi connectivity index (χ1n) is 13.9. The fourth-order valence-electron chi connectivity index (χ4n) is 6.04. The minimum absolute atomic E-state index is 0.0577. The van der Waals surface area contributed by atoms with Crippen molar-refractivity contribution in [3.8, 4) is 11.1 Å². The number of carbonyl (C=O) groups excluding carboxylic acids is 2. The normalized spacial score (nSPS) is 27.0. The number of likely N-dealkylation sites (tertiary alicyclic amines) is 1. The van der Waals surface area contributed by atoms with Crippen LogP contribution in [0, 0.1) is 0 Å². The molecule has 38 heavy (non-hydrogen) atoms. The van der Waals surface area contributed by atoms with E-state index in [4.69, 9.17) is 23.7 Å². The molecule has 3 saturated heterocycles. The first-order valence-corrected chi connectivity index (χ1v) is 13.9. The fraction of sp³-hybridized carbons (Fsp3) is 0.533. The van der Waals surface area contributed by atoms with Crippen LogP contribution in [0.15, 0.2) is 48.5 Å². The summed E-state index contributed by atoms with van der Waals surface area (Å²) in [6.45, 7) is 1.68. The van der Waals surface area contributed by atoms with E-state index in [1.165, 1.54) is 16.0 Å². The Hall–Kier alpha value is -2.94. The van der Waals surface area contributed by atoms with Gasteiger partial charge in [0.2, 0.25) is 6.29 Å². The molecule has 3 fully saturated rings. The Bertz CT molecular complexity index is 1100. The van der Waals surface area contributed by atoms with Gasteiger partial charge in [0, 0.05) is 25.4 Å². The zero-order valence-corrected chi connectivity index (χ0v) is 21.6. The molecule has 8 nitrogen and oxygen atoms in total. The van der Waals surface area contributed by atoms with Crippen LogP contribution in [-0.4, -0.2) is 68.1 Å². The largest absolute Gasteiger partial charge is 0.448 e. The molecule has 3 heterocycles. The lowest BCUT2D eigenvalue weighted by atomic mass is 9.98. The Morgan fingerprint density at radius 3 is 2.11 bits per heavy atom. The Kier molecular flexibility index (Phi) is 7.63. The minimum atomic E-state index is -0.787. The van der Waals surface area contributed by atoms with Gasteiger partial charge in [-0.3, -0.25) is 4.90 Å². The Labute approximate surface area is 223 Å². The summed E-state index contributed by atoms with van der Waals surface area (Å²) in [7, 11) is 0. The van der Waals surface area contributed by atoms with Crippen molar-refractivity contribution in [1.82, 2.24) is 4.90 Å². The zero-order chi connectivity index (χ0) is 25.9. The highest BCUT2D eigenvalue weighted by molar-refractivity contribution is 5.83. The van der Waals surface area contributed by atoms with Gasteiger partial charge < -0.3 is 23.7 Å². The first-order chi connectivity index (χ1) is 18.7. The van der Waals surface area contributed by atoms with E-state index in [2.05, 4.69) is 24.3 Å². The average Bonchev–Trinajstić information content (AvgIpc) is 3.52. The Morgan fingerprint density at radius 1 is 0.842 bits per heavy atom. The van der Waals surface area contributed by atoms with Gasteiger partial charge in [0.25, 0.3) is 0 Å². The van der Waals surface area contributed by atoms with E-state index in [1.807, 2.05) is 24.3 Å². The number of hydrogen-bond donors (Lipinski definition) is 0. The molecule has 4 aliphatic rings. The monoisotopic (exact) mass is 521 g/mol. The van der Waals surface area contributed by atoms with E-state index < -0.39 is 24.4 Å². The highest BCUT2D eigenvalue weighted by atomic mass is 16.7. The summed E-state index contributed by atoms with van der Waals surface area (Å²) in [5, 5.41) is 0. The fourth-order valence-corrected chi connectivity index (χ4v) is 6.04. The number of rotatable bonds is 6. The van der Waals surface area contributed by atoms with Gasteiger partial charge in [-0.2, -0.15) is 0 Å². The van der Waals surface area contributed by atoms with Gasteiger partial charge in [0.15, 0.2) is 6.29 Å². The summed E-state index contributed by atoms with van der Waals surface area (Å²) in [4.78, 5) is 28.1. The third-order valence-corrected chi connectivity index (χ3v) is 7.97. The molecule has 2 aromatic rings. The second kappa shape index (κ2) is 11.4. The number of carbonyl (C=O) groups is 2. The molecule has 202 valence electrons. The predicted molar refractivity (Wildman–Crippen MR) is 138 cm³/mol. The van der Waals surface area contributed by atoms with Gasteiger partial charge in [-0.25, -0.2) is 9.59 Å². The van der Waals surface area contributed by atoms with Crippen molar-refractivity contribution in [1.29, 1.82) is 0 Å². The van der Waals surface area contributed by atoms with Crippen LogP contribution in [-0.2, 0) is 28.5 Å². The highest BCUT2D eigenvalue weighted by Crippen LogP contribution is 2.44. The lowest BCUT2D eigenvalue weighted by Gasteiger charge is -2.27. The molecule has 0 saturated carbocycles. The molecule has 2 aromatic carbocycles. The molecule has 0 radical (unpaired) electrons. The van der Waals surface area contributed by atoms with Crippen LogP contribution in [0.2, 0.25) is 0 Å². The van der Waals surface area contributed by atoms with Crippen LogP contribution < -0.4 is 0 Å². The molecular weight excluding hydrogens is 486 g/mol. The maximum absolute atomic E-state index is 13.4. The van der Waals surface area contributed by atoms with E-state index in [-0.39, 0.29) is 31.5 Å². The van der Waals surface area contributed by atoms with Crippen LogP contribution in [0.1, 0.15) is 62.0 Å². The predicted octanol–water partition coefficient (Wildman–Crippen LogP) is 4.99. The van der Waals surface area contributed by atoms with Crippen molar-refractivity contribution in [3.05, 3.63) is 59.7 Å². The summed E-state index contributed by atoms with van der Waals surface area (Å²) in [6, 6.07) is 15.7. The number of ether oxygens (including phenoxy) is 5. The minimum Gasteiger partial charge on any atom is -0.448 e. The number of benzene rings is 2. The van der Waals surface area contributed by atoms with Crippen LogP contribution in [0.25, 0.3) is 11.1 Å². The summed E-state index contributed by atoms with van der Waals surface area (Å²) >= 11 is 0. The maximum atomic E-state index is 13.4. The van der Waals surface area contributed by atoms with Crippen LogP contribution in [0.5, 0.6) is 0 Å². The summed E-state index contributed by atoms with van der Waals surface area (Å²) in [5.41, 5.74) is 4.62. The molecule has 8 heteroatoms. The molecule has 1 aliphatic carbocycles. The van der Waals surface area contributed by atoms with Crippen molar-refractivity contribution in [2.24, 2.45) is 0 Å². The molecule has 0 aromatic heterocycles. The molecule has 4 atom stereocenters. The van der Waals surface area contributed by atoms with Gasteiger partial charge in [-0.15, -0.1) is 0 Å². The van der Waals surface area contributed by atoms with Crippen molar-refractivity contribution >= 4 is 12.1 Å². The molecule has 0 bridgehead atoms. The lowest BCUT2D eigenvalue weighted by Crippen LogP contribution is -2.43. The topological polar surface area (TPSA) is 83.5 Å². The summed E-state index contributed by atoms with van der Waals surface area (Å²) in [5.74, 6) is -0.529. The second-order valence-electron chi connectivity index (χ2n) is 10.5. The standard InChI is InChI=1S/C30H35NO7/c32-29(38-28-14-6-8-16-35-28)26-17-20(37-27-13-5-7-15-34-27)18-31(26)30(33)36-19-25-23-11-3-1-9-21(23)22-10-2-4-12-24(22)25/h1-4,9-12,20,25-28H,5-8,13-19H2/t20-,26+,27?,28?/m1/s1. The highest BCUT2D eigenvalue weighted by Gasteiger charge is 2.44. The van der Waals surface area contributed by atoms with E-state index >= 15 is 0 Å². The van der Waals surface area contributed by atoms with Crippen molar-refractivity contribution in [2.75, 3.05) is 26.4 Å². The van der Waals surface area contributed by atoms with E-state index in [1.54, 1.807) is 0 Å². The molecule has 0 N–H and O–H groups in total. The second-order valence-corrected chi connectivity index (χ2v) is 10.5. The van der Waals surface area contributed by atoms with Gasteiger partial charge >= 0.3 is 12.1 Å². The number of fused-ring (bicyclic) bond motifs is 3.